The van der Waals surface area contributed by atoms with E-state index in [1.165, 1.54) is 23.5 Å². The molecular formula is C19H15FN4S2. The first-order valence-corrected chi connectivity index (χ1v) is 9.75. The van der Waals surface area contributed by atoms with E-state index in [0.717, 1.165) is 26.3 Å². The lowest BCUT2D eigenvalue weighted by molar-refractivity contribution is 0.627. The van der Waals surface area contributed by atoms with E-state index in [-0.39, 0.29) is 11.9 Å². The van der Waals surface area contributed by atoms with Crippen molar-refractivity contribution in [3.63, 3.8) is 0 Å². The fraction of sp³-hybridized carbons (Fsp3) is 0.105. The van der Waals surface area contributed by atoms with Crippen LogP contribution < -0.4 is 5.32 Å². The smallest absolute Gasteiger partial charge is 0.206 e. The minimum Gasteiger partial charge on any atom is -0.347 e. The second-order valence-corrected chi connectivity index (χ2v) is 7.65. The monoisotopic (exact) mass is 382 g/mol. The standard InChI is InChI=1S/C19H15FN4S2/c20-15-8-6-13(7-9-15)12-16-23-24-19(26-16)22-17(18-21-10-11-25-18)14-4-2-1-3-5-14/h1-11,17H,12H2,(H,22,24). The molecule has 0 aliphatic rings. The zero-order chi connectivity index (χ0) is 17.8. The van der Waals surface area contributed by atoms with E-state index in [0.29, 0.717) is 6.42 Å². The zero-order valence-corrected chi connectivity index (χ0v) is 15.3. The lowest BCUT2D eigenvalue weighted by atomic mass is 10.1. The molecule has 0 bridgehead atoms. The molecule has 2 heterocycles. The Morgan fingerprint density at radius 1 is 1.00 bits per heavy atom. The van der Waals surface area contributed by atoms with Crippen LogP contribution >= 0.6 is 22.7 Å². The molecule has 0 aliphatic carbocycles. The summed E-state index contributed by atoms with van der Waals surface area (Å²) in [5, 5.41) is 16.5. The number of nitrogens with zero attached hydrogens (tertiary/aromatic N) is 3. The van der Waals surface area contributed by atoms with Crippen LogP contribution in [0.15, 0.2) is 66.2 Å². The molecule has 1 N–H and O–H groups in total. The van der Waals surface area contributed by atoms with E-state index in [1.807, 2.05) is 23.6 Å². The summed E-state index contributed by atoms with van der Waals surface area (Å²) in [4.78, 5) is 4.45. The molecule has 0 saturated carbocycles. The normalized spacial score (nSPS) is 12.0. The first kappa shape index (κ1) is 16.8. The van der Waals surface area contributed by atoms with Crippen molar-refractivity contribution < 1.29 is 4.39 Å². The molecule has 0 amide bonds. The summed E-state index contributed by atoms with van der Waals surface area (Å²) in [5.41, 5.74) is 2.13. The second-order valence-electron chi connectivity index (χ2n) is 5.66. The van der Waals surface area contributed by atoms with Crippen molar-refractivity contribution in [3.05, 3.63) is 93.1 Å². The lowest BCUT2D eigenvalue weighted by Gasteiger charge is -2.15. The SMILES string of the molecule is Fc1ccc(Cc2nnc(NC(c3ccccc3)c3nccs3)s2)cc1. The fourth-order valence-electron chi connectivity index (χ4n) is 2.59. The van der Waals surface area contributed by atoms with Crippen molar-refractivity contribution >= 4 is 27.8 Å². The molecule has 1 unspecified atom stereocenters. The van der Waals surface area contributed by atoms with Gasteiger partial charge in [0.25, 0.3) is 0 Å². The van der Waals surface area contributed by atoms with E-state index in [9.17, 15) is 4.39 Å². The molecule has 4 aromatic rings. The Hall–Kier alpha value is -2.64. The van der Waals surface area contributed by atoms with Crippen LogP contribution in [0.5, 0.6) is 0 Å². The summed E-state index contributed by atoms with van der Waals surface area (Å²) < 4.78 is 13.0. The van der Waals surface area contributed by atoms with Crippen LogP contribution in [0.3, 0.4) is 0 Å². The largest absolute Gasteiger partial charge is 0.347 e. The number of rotatable bonds is 6. The zero-order valence-electron chi connectivity index (χ0n) is 13.7. The quantitative estimate of drug-likeness (QED) is 0.514. The Balaban J connectivity index is 1.53. The summed E-state index contributed by atoms with van der Waals surface area (Å²) >= 11 is 3.11. The Morgan fingerprint density at radius 2 is 1.81 bits per heavy atom. The van der Waals surface area contributed by atoms with Gasteiger partial charge in [-0.25, -0.2) is 9.37 Å². The summed E-state index contributed by atoms with van der Waals surface area (Å²) in [6.07, 6.45) is 2.44. The second kappa shape index (κ2) is 7.72. The molecule has 26 heavy (non-hydrogen) atoms. The molecule has 0 spiro atoms. The number of aromatic nitrogens is 3. The van der Waals surface area contributed by atoms with Crippen molar-refractivity contribution in [2.75, 3.05) is 5.32 Å². The van der Waals surface area contributed by atoms with Gasteiger partial charge in [0.1, 0.15) is 21.9 Å². The van der Waals surface area contributed by atoms with Gasteiger partial charge in [-0.2, -0.15) is 0 Å². The number of anilines is 1. The summed E-state index contributed by atoms with van der Waals surface area (Å²) in [6, 6.07) is 16.6. The van der Waals surface area contributed by atoms with Crippen molar-refractivity contribution in [1.29, 1.82) is 0 Å². The number of benzene rings is 2. The Labute approximate surface area is 158 Å². The van der Waals surface area contributed by atoms with Crippen LogP contribution in [0, 0.1) is 5.82 Å². The van der Waals surface area contributed by atoms with Crippen LogP contribution in [-0.2, 0) is 6.42 Å². The van der Waals surface area contributed by atoms with Gasteiger partial charge in [0.05, 0.1) is 0 Å². The molecule has 0 radical (unpaired) electrons. The maximum atomic E-state index is 13.0. The van der Waals surface area contributed by atoms with Gasteiger partial charge in [0.2, 0.25) is 5.13 Å². The van der Waals surface area contributed by atoms with E-state index in [4.69, 9.17) is 0 Å². The van der Waals surface area contributed by atoms with E-state index in [2.05, 4.69) is 32.6 Å². The van der Waals surface area contributed by atoms with Crippen LogP contribution in [0.2, 0.25) is 0 Å². The minimum atomic E-state index is -0.234. The highest BCUT2D eigenvalue weighted by molar-refractivity contribution is 7.15. The highest BCUT2D eigenvalue weighted by Gasteiger charge is 2.18. The van der Waals surface area contributed by atoms with Crippen LogP contribution in [0.1, 0.15) is 27.2 Å². The highest BCUT2D eigenvalue weighted by atomic mass is 32.1. The van der Waals surface area contributed by atoms with Gasteiger partial charge in [-0.05, 0) is 23.3 Å². The molecule has 0 fully saturated rings. The van der Waals surface area contributed by atoms with Crippen molar-refractivity contribution in [3.8, 4) is 0 Å². The van der Waals surface area contributed by atoms with Crippen LogP contribution in [0.4, 0.5) is 9.52 Å². The third kappa shape index (κ3) is 3.95. The van der Waals surface area contributed by atoms with Gasteiger partial charge in [0.15, 0.2) is 0 Å². The predicted molar refractivity (Wildman–Crippen MR) is 103 cm³/mol. The van der Waals surface area contributed by atoms with Crippen molar-refractivity contribution in [2.24, 2.45) is 0 Å². The first-order chi connectivity index (χ1) is 12.8. The molecule has 2 aromatic heterocycles. The van der Waals surface area contributed by atoms with Gasteiger partial charge in [0, 0.05) is 18.0 Å². The molecule has 7 heteroatoms. The van der Waals surface area contributed by atoms with E-state index < -0.39 is 0 Å². The van der Waals surface area contributed by atoms with Crippen LogP contribution in [0.25, 0.3) is 0 Å². The fourth-order valence-corrected chi connectivity index (χ4v) is 4.11. The molecule has 0 saturated heterocycles. The molecule has 4 nitrogen and oxygen atoms in total. The summed E-state index contributed by atoms with van der Waals surface area (Å²) in [7, 11) is 0. The van der Waals surface area contributed by atoms with Crippen molar-refractivity contribution in [2.45, 2.75) is 12.5 Å². The number of nitrogens with one attached hydrogen (secondary N) is 1. The first-order valence-electron chi connectivity index (χ1n) is 8.05. The molecule has 2 aromatic carbocycles. The average molecular weight is 382 g/mol. The van der Waals surface area contributed by atoms with E-state index in [1.54, 1.807) is 29.7 Å². The summed E-state index contributed by atoms with van der Waals surface area (Å²) in [6.45, 7) is 0. The maximum Gasteiger partial charge on any atom is 0.206 e. The van der Waals surface area contributed by atoms with Crippen molar-refractivity contribution in [1.82, 2.24) is 15.2 Å². The Morgan fingerprint density at radius 3 is 2.54 bits per heavy atom. The molecule has 4 rings (SSSR count). The average Bonchev–Trinajstić information content (AvgIpc) is 3.34. The third-order valence-electron chi connectivity index (χ3n) is 3.83. The number of halogens is 1. The van der Waals surface area contributed by atoms with E-state index >= 15 is 0 Å². The van der Waals surface area contributed by atoms with Gasteiger partial charge in [-0.1, -0.05) is 53.8 Å². The maximum absolute atomic E-state index is 13.0. The Kier molecular flexibility index (Phi) is 4.99. The topological polar surface area (TPSA) is 50.7 Å². The van der Waals surface area contributed by atoms with Gasteiger partial charge >= 0.3 is 0 Å². The van der Waals surface area contributed by atoms with Gasteiger partial charge < -0.3 is 5.32 Å². The third-order valence-corrected chi connectivity index (χ3v) is 5.53. The number of hydrogen-bond donors (Lipinski definition) is 1. The molecule has 1 atom stereocenters. The number of hydrogen-bond acceptors (Lipinski definition) is 6. The van der Waals surface area contributed by atoms with Gasteiger partial charge in [-0.15, -0.1) is 21.5 Å². The van der Waals surface area contributed by atoms with Crippen LogP contribution in [-0.4, -0.2) is 15.2 Å². The van der Waals surface area contributed by atoms with Gasteiger partial charge in [-0.3, -0.25) is 0 Å². The summed E-state index contributed by atoms with van der Waals surface area (Å²) in [5.74, 6) is -0.234. The number of thiazole rings is 1. The predicted octanol–water partition coefficient (Wildman–Crippen LogP) is 4.93. The highest BCUT2D eigenvalue weighted by Crippen LogP contribution is 2.29. The molecular weight excluding hydrogens is 367 g/mol. The minimum absolute atomic E-state index is 0.0668. The molecule has 130 valence electrons. The lowest BCUT2D eigenvalue weighted by Crippen LogP contribution is -2.11. The Bertz CT molecular complexity index is 953. The molecule has 0 aliphatic heterocycles.